The number of fused-ring (bicyclic) bond motifs is 1. The molecule has 0 radical (unpaired) electrons. The zero-order valence-electron chi connectivity index (χ0n) is 7.73. The lowest BCUT2D eigenvalue weighted by molar-refractivity contribution is -0.128. The smallest absolute Gasteiger partial charge is 0.142 e. The standard InChI is InChI=1S/C11H16O/c1-11-8-3-2-5-9(11)6-4-7-10(11)12/h5H,2-4,6-8H2,1H3/t11-/m0/s1. The van der Waals surface area contributed by atoms with Gasteiger partial charge >= 0.3 is 0 Å². The van der Waals surface area contributed by atoms with E-state index in [4.69, 9.17) is 0 Å². The first-order valence-corrected chi connectivity index (χ1v) is 4.96. The van der Waals surface area contributed by atoms with Gasteiger partial charge in [-0.1, -0.05) is 11.6 Å². The van der Waals surface area contributed by atoms with E-state index in [-0.39, 0.29) is 5.41 Å². The van der Waals surface area contributed by atoms with Crippen molar-refractivity contribution in [3.63, 3.8) is 0 Å². The molecule has 0 unspecified atom stereocenters. The number of hydrogen-bond donors (Lipinski definition) is 0. The molecule has 1 heteroatoms. The highest BCUT2D eigenvalue weighted by atomic mass is 16.1. The molecule has 0 aromatic carbocycles. The maximum absolute atomic E-state index is 11.7. The fraction of sp³-hybridized carbons (Fsp3) is 0.727. The lowest BCUT2D eigenvalue weighted by atomic mass is 9.65. The van der Waals surface area contributed by atoms with Crippen molar-refractivity contribution in [3.05, 3.63) is 11.6 Å². The van der Waals surface area contributed by atoms with E-state index in [9.17, 15) is 4.79 Å². The lowest BCUT2D eigenvalue weighted by Gasteiger charge is -2.37. The molecule has 0 bridgehead atoms. The van der Waals surface area contributed by atoms with E-state index < -0.39 is 0 Å². The van der Waals surface area contributed by atoms with Crippen LogP contribution in [0.3, 0.4) is 0 Å². The van der Waals surface area contributed by atoms with Gasteiger partial charge in [0.1, 0.15) is 5.78 Å². The SMILES string of the molecule is C[C@]12CCCC=C1CCCC2=O. The second-order valence-electron chi connectivity index (χ2n) is 4.23. The third kappa shape index (κ3) is 1.03. The van der Waals surface area contributed by atoms with E-state index in [0.29, 0.717) is 5.78 Å². The van der Waals surface area contributed by atoms with Gasteiger partial charge in [0.15, 0.2) is 0 Å². The largest absolute Gasteiger partial charge is 0.299 e. The molecule has 0 aromatic rings. The summed E-state index contributed by atoms with van der Waals surface area (Å²) in [4.78, 5) is 11.7. The molecule has 2 rings (SSSR count). The first kappa shape index (κ1) is 8.03. The summed E-state index contributed by atoms with van der Waals surface area (Å²) in [6, 6.07) is 0. The van der Waals surface area contributed by atoms with E-state index in [1.165, 1.54) is 24.8 Å². The Morgan fingerprint density at radius 1 is 1.33 bits per heavy atom. The minimum Gasteiger partial charge on any atom is -0.299 e. The summed E-state index contributed by atoms with van der Waals surface area (Å²) in [5.74, 6) is 0.486. The number of rotatable bonds is 0. The van der Waals surface area contributed by atoms with Gasteiger partial charge in [0.05, 0.1) is 0 Å². The molecule has 0 amide bonds. The van der Waals surface area contributed by atoms with Crippen molar-refractivity contribution in [2.75, 3.05) is 0 Å². The highest BCUT2D eigenvalue weighted by Crippen LogP contribution is 2.44. The molecule has 1 nitrogen and oxygen atoms in total. The average molecular weight is 164 g/mol. The molecule has 12 heavy (non-hydrogen) atoms. The van der Waals surface area contributed by atoms with Crippen LogP contribution in [0, 0.1) is 5.41 Å². The van der Waals surface area contributed by atoms with Gasteiger partial charge in [0.2, 0.25) is 0 Å². The number of carbonyl (C=O) groups is 1. The zero-order chi connectivity index (χ0) is 8.60. The Hall–Kier alpha value is -0.590. The second-order valence-corrected chi connectivity index (χ2v) is 4.23. The third-order valence-electron chi connectivity index (χ3n) is 3.45. The second kappa shape index (κ2) is 2.72. The molecule has 0 N–H and O–H groups in total. The topological polar surface area (TPSA) is 17.1 Å². The molecule has 66 valence electrons. The Morgan fingerprint density at radius 2 is 2.17 bits per heavy atom. The molecule has 1 saturated carbocycles. The first-order chi connectivity index (χ1) is 5.73. The summed E-state index contributed by atoms with van der Waals surface area (Å²) < 4.78 is 0. The quantitative estimate of drug-likeness (QED) is 0.503. The van der Waals surface area contributed by atoms with Gasteiger partial charge in [0, 0.05) is 11.8 Å². The van der Waals surface area contributed by atoms with Crippen molar-refractivity contribution < 1.29 is 4.79 Å². The van der Waals surface area contributed by atoms with E-state index in [1.807, 2.05) is 0 Å². The zero-order valence-corrected chi connectivity index (χ0v) is 7.73. The summed E-state index contributed by atoms with van der Waals surface area (Å²) in [7, 11) is 0. The predicted octanol–water partition coefficient (Wildman–Crippen LogP) is 2.86. The van der Waals surface area contributed by atoms with Crippen LogP contribution in [0.4, 0.5) is 0 Å². The molecule has 0 heterocycles. The molecule has 2 aliphatic carbocycles. The highest BCUT2D eigenvalue weighted by Gasteiger charge is 2.39. The van der Waals surface area contributed by atoms with Crippen LogP contribution in [0.25, 0.3) is 0 Å². The minimum atomic E-state index is -0.0451. The van der Waals surface area contributed by atoms with Crippen LogP contribution in [-0.4, -0.2) is 5.78 Å². The van der Waals surface area contributed by atoms with Crippen molar-refractivity contribution >= 4 is 5.78 Å². The molecular weight excluding hydrogens is 148 g/mol. The van der Waals surface area contributed by atoms with Gasteiger partial charge in [0.25, 0.3) is 0 Å². The molecule has 1 fully saturated rings. The molecule has 0 aromatic heterocycles. The number of hydrogen-bond acceptors (Lipinski definition) is 1. The Balaban J connectivity index is 2.34. The van der Waals surface area contributed by atoms with Gasteiger partial charge in [-0.05, 0) is 39.0 Å². The Labute approximate surface area is 73.8 Å². The van der Waals surface area contributed by atoms with Crippen molar-refractivity contribution in [2.24, 2.45) is 5.41 Å². The minimum absolute atomic E-state index is 0.0451. The molecule has 0 aliphatic heterocycles. The van der Waals surface area contributed by atoms with Crippen molar-refractivity contribution in [1.82, 2.24) is 0 Å². The summed E-state index contributed by atoms with van der Waals surface area (Å²) in [6.07, 6.45) is 8.86. The van der Waals surface area contributed by atoms with Crippen molar-refractivity contribution in [2.45, 2.75) is 45.4 Å². The van der Waals surface area contributed by atoms with Gasteiger partial charge in [-0.25, -0.2) is 0 Å². The highest BCUT2D eigenvalue weighted by molar-refractivity contribution is 5.88. The molecular formula is C11H16O. The fourth-order valence-electron chi connectivity index (χ4n) is 2.53. The first-order valence-electron chi connectivity index (χ1n) is 4.96. The maximum Gasteiger partial charge on any atom is 0.142 e. The van der Waals surface area contributed by atoms with Gasteiger partial charge in [-0.3, -0.25) is 4.79 Å². The van der Waals surface area contributed by atoms with E-state index in [2.05, 4.69) is 13.0 Å². The van der Waals surface area contributed by atoms with Crippen LogP contribution in [0.15, 0.2) is 11.6 Å². The van der Waals surface area contributed by atoms with Crippen LogP contribution in [0.2, 0.25) is 0 Å². The number of ketones is 1. The van der Waals surface area contributed by atoms with Crippen LogP contribution < -0.4 is 0 Å². The van der Waals surface area contributed by atoms with Crippen molar-refractivity contribution in [3.8, 4) is 0 Å². The Morgan fingerprint density at radius 3 is 2.92 bits per heavy atom. The fourth-order valence-corrected chi connectivity index (χ4v) is 2.53. The summed E-state index contributed by atoms with van der Waals surface area (Å²) in [5, 5.41) is 0. The van der Waals surface area contributed by atoms with E-state index in [0.717, 1.165) is 19.3 Å². The van der Waals surface area contributed by atoms with Crippen LogP contribution in [0.1, 0.15) is 45.4 Å². The predicted molar refractivity (Wildman–Crippen MR) is 48.9 cm³/mol. The summed E-state index contributed by atoms with van der Waals surface area (Å²) in [5.41, 5.74) is 1.39. The Kier molecular flexibility index (Phi) is 1.82. The number of Topliss-reactive ketones (excluding diaryl/α,β-unsaturated/α-hetero) is 1. The van der Waals surface area contributed by atoms with Crippen LogP contribution in [0.5, 0.6) is 0 Å². The summed E-state index contributed by atoms with van der Waals surface area (Å²) in [6.45, 7) is 2.14. The molecule has 1 atom stereocenters. The van der Waals surface area contributed by atoms with E-state index >= 15 is 0 Å². The maximum atomic E-state index is 11.7. The van der Waals surface area contributed by atoms with Gasteiger partial charge in [-0.15, -0.1) is 0 Å². The van der Waals surface area contributed by atoms with E-state index in [1.54, 1.807) is 0 Å². The number of allylic oxidation sites excluding steroid dienone is 2. The van der Waals surface area contributed by atoms with Crippen LogP contribution >= 0.6 is 0 Å². The van der Waals surface area contributed by atoms with Crippen LogP contribution in [-0.2, 0) is 4.79 Å². The third-order valence-corrected chi connectivity index (χ3v) is 3.45. The monoisotopic (exact) mass is 164 g/mol. The normalized spacial score (nSPS) is 35.8. The van der Waals surface area contributed by atoms with Gasteiger partial charge in [-0.2, -0.15) is 0 Å². The van der Waals surface area contributed by atoms with Gasteiger partial charge < -0.3 is 0 Å². The van der Waals surface area contributed by atoms with Crippen molar-refractivity contribution in [1.29, 1.82) is 0 Å². The molecule has 0 spiro atoms. The molecule has 2 aliphatic rings. The lowest BCUT2D eigenvalue weighted by Crippen LogP contribution is -2.34. The summed E-state index contributed by atoms with van der Waals surface area (Å²) >= 11 is 0. The average Bonchev–Trinajstić information content (AvgIpc) is 2.07. The Bertz CT molecular complexity index is 239. The number of carbonyl (C=O) groups excluding carboxylic acids is 1. The molecule has 0 saturated heterocycles.